The van der Waals surface area contributed by atoms with Gasteiger partial charge in [-0.25, -0.2) is 4.18 Å². The van der Waals surface area contributed by atoms with E-state index in [2.05, 4.69) is 4.18 Å². The van der Waals surface area contributed by atoms with Crippen LogP contribution in [0.5, 0.6) is 0 Å². The first-order chi connectivity index (χ1) is 5.21. The van der Waals surface area contributed by atoms with Gasteiger partial charge >= 0.3 is 10.5 Å². The smallest absolute Gasteiger partial charge is 0.245 e. The van der Waals surface area contributed by atoms with E-state index in [1.165, 1.54) is 0 Å². The molecule has 0 saturated carbocycles. The summed E-state index contributed by atoms with van der Waals surface area (Å²) in [6.45, 7) is -0.532. The fourth-order valence-corrected chi connectivity index (χ4v) is 1.41. The second-order valence-corrected chi connectivity index (χ2v) is 5.32. The fourth-order valence-electron chi connectivity index (χ4n) is 0.471. The first kappa shape index (κ1) is 12.0. The Morgan fingerprint density at radius 3 is 2.08 bits per heavy atom. The second-order valence-electron chi connectivity index (χ2n) is 2.15. The predicted molar refractivity (Wildman–Crippen MR) is 41.2 cm³/mol. The summed E-state index contributed by atoms with van der Waals surface area (Å²) in [6.07, 6.45) is 0.610. The molecule has 0 spiro atoms. The lowest BCUT2D eigenvalue weighted by Gasteiger charge is -2.12. The Hall–Kier alpha value is 0.0500. The van der Waals surface area contributed by atoms with Gasteiger partial charge in [-0.3, -0.25) is 0 Å². The molecule has 76 valence electrons. The van der Waals surface area contributed by atoms with Crippen LogP contribution in [0.15, 0.2) is 0 Å². The van der Waals surface area contributed by atoms with Crippen molar-refractivity contribution in [1.29, 1.82) is 0 Å². The molecule has 0 aliphatic carbocycles. The molecule has 0 fully saturated rings. The van der Waals surface area contributed by atoms with Crippen LogP contribution in [0, 0.1) is 0 Å². The van der Waals surface area contributed by atoms with Crippen molar-refractivity contribution >= 4 is 21.3 Å². The van der Waals surface area contributed by atoms with Gasteiger partial charge in [0.15, 0.2) is 0 Å². The largest absolute Gasteiger partial charge is 0.437 e. The zero-order chi connectivity index (χ0) is 9.83. The average Bonchev–Trinajstić information content (AvgIpc) is 1.76. The van der Waals surface area contributed by atoms with E-state index in [1.54, 1.807) is 0 Å². The third-order valence-electron chi connectivity index (χ3n) is 0.871. The number of hydrogen-bond acceptors (Lipinski definition) is 3. The summed E-state index contributed by atoms with van der Waals surface area (Å²) in [6, 6.07) is 0. The lowest BCUT2D eigenvalue weighted by Crippen LogP contribution is -2.03. The highest BCUT2D eigenvalue weighted by Crippen LogP contribution is 2.47. The average molecular weight is 226 g/mol. The van der Waals surface area contributed by atoms with Gasteiger partial charge < -0.3 is 0 Å². The summed E-state index contributed by atoms with van der Waals surface area (Å²) in [4.78, 5) is 0. The normalized spacial score (nSPS) is 14.7. The summed E-state index contributed by atoms with van der Waals surface area (Å²) in [5.41, 5.74) is 0. The highest BCUT2D eigenvalue weighted by molar-refractivity contribution is 8.24. The standard InChI is InChI=1S/C4H9F3O3S2/c1-11(5,6)4-2-3-10-12(7,8)9/h2-4H2,1H3. The van der Waals surface area contributed by atoms with Crippen LogP contribution in [0.2, 0.25) is 0 Å². The van der Waals surface area contributed by atoms with Gasteiger partial charge in [-0.1, -0.05) is 3.89 Å². The van der Waals surface area contributed by atoms with E-state index in [9.17, 15) is 20.1 Å². The van der Waals surface area contributed by atoms with E-state index < -0.39 is 33.7 Å². The van der Waals surface area contributed by atoms with Gasteiger partial charge in [-0.05, 0) is 6.42 Å². The first-order valence-electron chi connectivity index (χ1n) is 2.95. The Balaban J connectivity index is 3.48. The molecule has 3 nitrogen and oxygen atoms in total. The summed E-state index contributed by atoms with van der Waals surface area (Å²) < 4.78 is 58.8. The number of halogens is 3. The molecule has 0 aromatic heterocycles. The van der Waals surface area contributed by atoms with E-state index >= 15 is 0 Å². The summed E-state index contributed by atoms with van der Waals surface area (Å²) in [7, 11) is -8.62. The molecular weight excluding hydrogens is 217 g/mol. The van der Waals surface area contributed by atoms with Crippen molar-refractivity contribution in [2.45, 2.75) is 6.42 Å². The fraction of sp³-hybridized carbons (Fsp3) is 1.00. The molecule has 0 bridgehead atoms. The van der Waals surface area contributed by atoms with Gasteiger partial charge in [0, 0.05) is 12.0 Å². The summed E-state index contributed by atoms with van der Waals surface area (Å²) in [5, 5.41) is 0. The van der Waals surface area contributed by atoms with Gasteiger partial charge in [-0.2, -0.15) is 16.2 Å². The zero-order valence-electron chi connectivity index (χ0n) is 6.30. The highest BCUT2D eigenvalue weighted by Gasteiger charge is 2.14. The molecule has 0 aromatic rings. The van der Waals surface area contributed by atoms with E-state index in [4.69, 9.17) is 0 Å². The van der Waals surface area contributed by atoms with Crippen LogP contribution in [0.1, 0.15) is 6.42 Å². The van der Waals surface area contributed by atoms with Crippen LogP contribution >= 0.6 is 10.8 Å². The summed E-state index contributed by atoms with van der Waals surface area (Å²) in [5.74, 6) is -0.442. The van der Waals surface area contributed by atoms with Crippen LogP contribution in [-0.2, 0) is 14.7 Å². The minimum absolute atomic E-state index is 0.165. The molecule has 0 rings (SSSR count). The minimum atomic E-state index is -4.98. The Kier molecular flexibility index (Phi) is 4.35. The molecule has 0 N–H and O–H groups in total. The molecule has 12 heavy (non-hydrogen) atoms. The maximum Gasteiger partial charge on any atom is 0.437 e. The number of rotatable bonds is 5. The molecule has 0 amide bonds. The monoisotopic (exact) mass is 226 g/mol. The van der Waals surface area contributed by atoms with Crippen molar-refractivity contribution < 1.29 is 24.3 Å². The van der Waals surface area contributed by atoms with Crippen LogP contribution in [0.4, 0.5) is 11.7 Å². The molecule has 0 atom stereocenters. The van der Waals surface area contributed by atoms with Crippen molar-refractivity contribution in [3.05, 3.63) is 0 Å². The molecule has 0 aromatic carbocycles. The van der Waals surface area contributed by atoms with E-state index in [0.717, 1.165) is 6.26 Å². The van der Waals surface area contributed by atoms with Gasteiger partial charge in [-0.15, -0.1) is 0 Å². The van der Waals surface area contributed by atoms with Gasteiger partial charge in [0.2, 0.25) is 0 Å². The van der Waals surface area contributed by atoms with E-state index in [-0.39, 0.29) is 6.42 Å². The van der Waals surface area contributed by atoms with Crippen LogP contribution < -0.4 is 0 Å². The minimum Gasteiger partial charge on any atom is -0.245 e. The molecule has 0 heterocycles. The molecule has 0 aliphatic rings. The van der Waals surface area contributed by atoms with Crippen LogP contribution in [-0.4, -0.2) is 27.0 Å². The second kappa shape index (κ2) is 4.33. The van der Waals surface area contributed by atoms with Crippen molar-refractivity contribution in [3.8, 4) is 0 Å². The quantitative estimate of drug-likeness (QED) is 0.530. The third kappa shape index (κ3) is 10.0. The van der Waals surface area contributed by atoms with Gasteiger partial charge in [0.1, 0.15) is 0 Å². The number of hydrogen-bond donors (Lipinski definition) is 0. The molecule has 0 radical (unpaired) electrons. The highest BCUT2D eigenvalue weighted by atomic mass is 32.3. The molecular formula is C4H9F3O3S2. The maximum atomic E-state index is 12.1. The van der Waals surface area contributed by atoms with Gasteiger partial charge in [0.25, 0.3) is 0 Å². The first-order valence-corrected chi connectivity index (χ1v) is 6.27. The SMILES string of the molecule is CS(F)(F)CCCOS(=O)(=O)F. The Labute approximate surface area is 71.2 Å². The molecule has 0 aliphatic heterocycles. The molecule has 8 heteroatoms. The summed E-state index contributed by atoms with van der Waals surface area (Å²) >= 11 is 0. The van der Waals surface area contributed by atoms with E-state index in [1.807, 2.05) is 0 Å². The Bertz CT molecular complexity index is 220. The maximum absolute atomic E-state index is 12.1. The third-order valence-corrected chi connectivity index (χ3v) is 2.32. The van der Waals surface area contributed by atoms with Crippen molar-refractivity contribution in [2.24, 2.45) is 0 Å². The van der Waals surface area contributed by atoms with Crippen LogP contribution in [0.25, 0.3) is 0 Å². The molecule has 0 unspecified atom stereocenters. The van der Waals surface area contributed by atoms with Crippen LogP contribution in [0.3, 0.4) is 0 Å². The van der Waals surface area contributed by atoms with E-state index in [0.29, 0.717) is 0 Å². The van der Waals surface area contributed by atoms with Crippen molar-refractivity contribution in [2.75, 3.05) is 18.6 Å². The van der Waals surface area contributed by atoms with Crippen molar-refractivity contribution in [1.82, 2.24) is 0 Å². The predicted octanol–water partition coefficient (Wildman–Crippen LogP) is 1.81. The lowest BCUT2D eigenvalue weighted by atomic mass is 10.5. The van der Waals surface area contributed by atoms with Gasteiger partial charge in [0.05, 0.1) is 17.4 Å². The Morgan fingerprint density at radius 2 is 1.75 bits per heavy atom. The van der Waals surface area contributed by atoms with Crippen molar-refractivity contribution in [3.63, 3.8) is 0 Å². The lowest BCUT2D eigenvalue weighted by molar-refractivity contribution is 0.294. The zero-order valence-corrected chi connectivity index (χ0v) is 7.93. The molecule has 0 saturated heterocycles. The topological polar surface area (TPSA) is 43.4 Å². The Morgan fingerprint density at radius 1 is 1.25 bits per heavy atom.